The molecule has 12 heavy (non-hydrogen) atoms. The molecule has 1 N–H and O–H groups in total. The third kappa shape index (κ3) is 1.22. The van der Waals surface area contributed by atoms with Crippen LogP contribution in [0.5, 0.6) is 0 Å². The van der Waals surface area contributed by atoms with Gasteiger partial charge in [0.25, 0.3) is 0 Å². The van der Waals surface area contributed by atoms with Crippen LogP contribution in [0.15, 0.2) is 4.99 Å². The fourth-order valence-corrected chi connectivity index (χ4v) is 2.00. The maximum absolute atomic E-state index is 4.54. The van der Waals surface area contributed by atoms with Crippen LogP contribution < -0.4 is 5.32 Å². The van der Waals surface area contributed by atoms with E-state index in [4.69, 9.17) is 0 Å². The van der Waals surface area contributed by atoms with E-state index >= 15 is 0 Å². The number of piperazine rings is 1. The normalized spacial score (nSPS) is 29.1. The molecule has 0 aromatic carbocycles. The second-order valence-corrected chi connectivity index (χ2v) is 3.90. The van der Waals surface area contributed by atoms with E-state index in [-0.39, 0.29) is 0 Å². The first-order valence-electron chi connectivity index (χ1n) is 4.81. The van der Waals surface area contributed by atoms with Gasteiger partial charge in [0.15, 0.2) is 0 Å². The molecule has 2 rings (SSSR count). The molecule has 0 aromatic heterocycles. The molecule has 0 saturated carbocycles. The predicted octanol–water partition coefficient (Wildman–Crippen LogP) is 0.328. The molecule has 0 bridgehead atoms. The van der Waals surface area contributed by atoms with E-state index in [1.165, 1.54) is 5.84 Å². The van der Waals surface area contributed by atoms with Gasteiger partial charge < -0.3 is 10.2 Å². The molecule has 2 heterocycles. The summed E-state index contributed by atoms with van der Waals surface area (Å²) >= 11 is 0. The highest BCUT2D eigenvalue weighted by molar-refractivity contribution is 5.89. The van der Waals surface area contributed by atoms with Crippen molar-refractivity contribution in [2.75, 3.05) is 26.2 Å². The van der Waals surface area contributed by atoms with Crippen molar-refractivity contribution < 1.29 is 0 Å². The topological polar surface area (TPSA) is 27.6 Å². The first-order valence-corrected chi connectivity index (χ1v) is 4.81. The second kappa shape index (κ2) is 3.05. The third-order valence-corrected chi connectivity index (χ3v) is 2.66. The summed E-state index contributed by atoms with van der Waals surface area (Å²) in [4.78, 5) is 6.96. The monoisotopic (exact) mass is 167 g/mol. The van der Waals surface area contributed by atoms with Gasteiger partial charge in [-0.1, -0.05) is 13.8 Å². The lowest BCUT2D eigenvalue weighted by atomic mass is 10.0. The highest BCUT2D eigenvalue weighted by atomic mass is 15.3. The quantitative estimate of drug-likeness (QED) is 0.609. The number of amidine groups is 1. The molecule has 1 atom stereocenters. The Bertz CT molecular complexity index is 198. The summed E-state index contributed by atoms with van der Waals surface area (Å²) in [6.07, 6.45) is 0. The lowest BCUT2D eigenvalue weighted by molar-refractivity contribution is 0.344. The molecule has 1 saturated heterocycles. The fraction of sp³-hybridized carbons (Fsp3) is 0.889. The van der Waals surface area contributed by atoms with E-state index in [1.54, 1.807) is 0 Å². The summed E-state index contributed by atoms with van der Waals surface area (Å²) in [5, 5.41) is 3.52. The van der Waals surface area contributed by atoms with Gasteiger partial charge in [-0.15, -0.1) is 0 Å². The number of nitrogens with zero attached hydrogens (tertiary/aromatic N) is 2. The van der Waals surface area contributed by atoms with Crippen molar-refractivity contribution in [3.63, 3.8) is 0 Å². The first-order chi connectivity index (χ1) is 5.79. The Morgan fingerprint density at radius 1 is 1.50 bits per heavy atom. The average Bonchev–Trinajstić information content (AvgIpc) is 2.49. The number of hydrogen-bond donors (Lipinski definition) is 1. The molecule has 68 valence electrons. The van der Waals surface area contributed by atoms with Crippen LogP contribution in [0.1, 0.15) is 13.8 Å². The largest absolute Gasteiger partial charge is 0.356 e. The molecule has 2 aliphatic heterocycles. The minimum atomic E-state index is 0.501. The van der Waals surface area contributed by atoms with Crippen molar-refractivity contribution in [3.05, 3.63) is 0 Å². The SMILES string of the molecule is CC(C)C1NCCN2CCN=C12. The highest BCUT2D eigenvalue weighted by Crippen LogP contribution is 2.14. The van der Waals surface area contributed by atoms with E-state index in [1.807, 2.05) is 0 Å². The number of hydrogen-bond acceptors (Lipinski definition) is 3. The Labute approximate surface area is 73.9 Å². The minimum Gasteiger partial charge on any atom is -0.356 e. The number of nitrogens with one attached hydrogen (secondary N) is 1. The molecule has 0 spiro atoms. The average molecular weight is 167 g/mol. The van der Waals surface area contributed by atoms with Crippen LogP contribution in [-0.4, -0.2) is 43.0 Å². The van der Waals surface area contributed by atoms with Gasteiger partial charge in [-0.25, -0.2) is 0 Å². The standard InChI is InChI=1S/C9H17N3/c1-7(2)8-9-11-4-6-12(9)5-3-10-8/h7-8,10H,3-6H2,1-2H3. The summed E-state index contributed by atoms with van der Waals surface area (Å²) in [6.45, 7) is 8.90. The molecular formula is C9H17N3. The van der Waals surface area contributed by atoms with Gasteiger partial charge in [0.2, 0.25) is 0 Å². The van der Waals surface area contributed by atoms with E-state index in [9.17, 15) is 0 Å². The van der Waals surface area contributed by atoms with Crippen LogP contribution in [0.3, 0.4) is 0 Å². The van der Waals surface area contributed by atoms with Crippen molar-refractivity contribution in [2.45, 2.75) is 19.9 Å². The van der Waals surface area contributed by atoms with Crippen molar-refractivity contribution in [2.24, 2.45) is 10.9 Å². The van der Waals surface area contributed by atoms with Crippen molar-refractivity contribution in [1.82, 2.24) is 10.2 Å². The molecule has 0 amide bonds. The molecule has 0 aliphatic carbocycles. The van der Waals surface area contributed by atoms with Gasteiger partial charge in [0.05, 0.1) is 12.6 Å². The van der Waals surface area contributed by atoms with Crippen LogP contribution in [0.2, 0.25) is 0 Å². The van der Waals surface area contributed by atoms with Gasteiger partial charge in [0.1, 0.15) is 5.84 Å². The summed E-state index contributed by atoms with van der Waals surface area (Å²) < 4.78 is 0. The highest BCUT2D eigenvalue weighted by Gasteiger charge is 2.30. The Balaban J connectivity index is 2.13. The van der Waals surface area contributed by atoms with E-state index in [2.05, 4.69) is 29.1 Å². The van der Waals surface area contributed by atoms with Gasteiger partial charge >= 0.3 is 0 Å². The second-order valence-electron chi connectivity index (χ2n) is 3.90. The van der Waals surface area contributed by atoms with Crippen LogP contribution in [0.25, 0.3) is 0 Å². The zero-order valence-corrected chi connectivity index (χ0v) is 7.88. The van der Waals surface area contributed by atoms with Crippen LogP contribution >= 0.6 is 0 Å². The molecule has 1 unspecified atom stereocenters. The van der Waals surface area contributed by atoms with Gasteiger partial charge in [-0.2, -0.15) is 0 Å². The zero-order valence-electron chi connectivity index (χ0n) is 7.88. The van der Waals surface area contributed by atoms with Gasteiger partial charge in [0, 0.05) is 19.6 Å². The van der Waals surface area contributed by atoms with Gasteiger partial charge in [-0.05, 0) is 5.92 Å². The summed E-state index contributed by atoms with van der Waals surface area (Å²) in [7, 11) is 0. The summed E-state index contributed by atoms with van der Waals surface area (Å²) in [5.74, 6) is 1.96. The molecule has 0 radical (unpaired) electrons. The molecule has 3 heteroatoms. The molecule has 2 aliphatic rings. The minimum absolute atomic E-state index is 0.501. The van der Waals surface area contributed by atoms with Crippen LogP contribution in [0, 0.1) is 5.92 Å². The molecular weight excluding hydrogens is 150 g/mol. The maximum Gasteiger partial charge on any atom is 0.117 e. The lowest BCUT2D eigenvalue weighted by Crippen LogP contribution is -2.55. The van der Waals surface area contributed by atoms with Crippen molar-refractivity contribution in [3.8, 4) is 0 Å². The number of rotatable bonds is 1. The molecule has 0 aromatic rings. The predicted molar refractivity (Wildman–Crippen MR) is 50.5 cm³/mol. The number of aliphatic imine (C=N–C) groups is 1. The molecule has 1 fully saturated rings. The van der Waals surface area contributed by atoms with E-state index < -0.39 is 0 Å². The van der Waals surface area contributed by atoms with E-state index in [0.29, 0.717) is 12.0 Å². The van der Waals surface area contributed by atoms with Crippen LogP contribution in [-0.2, 0) is 0 Å². The van der Waals surface area contributed by atoms with Crippen LogP contribution in [0.4, 0.5) is 0 Å². The Morgan fingerprint density at radius 3 is 3.08 bits per heavy atom. The molecule has 3 nitrogen and oxygen atoms in total. The first kappa shape index (κ1) is 8.05. The summed E-state index contributed by atoms with van der Waals surface area (Å²) in [6, 6.07) is 0.501. The summed E-state index contributed by atoms with van der Waals surface area (Å²) in [5.41, 5.74) is 0. The lowest BCUT2D eigenvalue weighted by Gasteiger charge is -2.35. The van der Waals surface area contributed by atoms with E-state index in [0.717, 1.165) is 26.2 Å². The zero-order chi connectivity index (χ0) is 8.55. The maximum atomic E-state index is 4.54. The fourth-order valence-electron chi connectivity index (χ4n) is 2.00. The smallest absolute Gasteiger partial charge is 0.117 e. The Hall–Kier alpha value is -0.570. The van der Waals surface area contributed by atoms with Crippen molar-refractivity contribution in [1.29, 1.82) is 0 Å². The Kier molecular flexibility index (Phi) is 2.05. The number of fused-ring (bicyclic) bond motifs is 1. The van der Waals surface area contributed by atoms with Crippen molar-refractivity contribution >= 4 is 5.84 Å². The third-order valence-electron chi connectivity index (χ3n) is 2.66. The Morgan fingerprint density at radius 2 is 2.33 bits per heavy atom. The van der Waals surface area contributed by atoms with Gasteiger partial charge in [-0.3, -0.25) is 4.99 Å².